The van der Waals surface area contributed by atoms with Gasteiger partial charge in [-0.05, 0) is 30.3 Å². The fourth-order valence-corrected chi connectivity index (χ4v) is 1.95. The van der Waals surface area contributed by atoms with Gasteiger partial charge in [-0.2, -0.15) is 0 Å². The van der Waals surface area contributed by atoms with Crippen LogP contribution in [0.4, 0.5) is 5.69 Å². The van der Waals surface area contributed by atoms with E-state index in [-0.39, 0.29) is 11.9 Å². The largest absolute Gasteiger partial charge is 0.365 e. The SMILES string of the molecule is NC(N)=N/[NH+]=C\c1cccc(NC(=O)c2ccccc2Cl)c1. The summed E-state index contributed by atoms with van der Waals surface area (Å²) in [5.74, 6) is -0.348. The number of hydrogen-bond donors (Lipinski definition) is 4. The van der Waals surface area contributed by atoms with Crippen molar-refractivity contribution in [2.24, 2.45) is 16.6 Å². The third kappa shape index (κ3) is 4.32. The molecule has 6 N–H and O–H groups in total. The number of benzene rings is 2. The van der Waals surface area contributed by atoms with Crippen molar-refractivity contribution in [1.29, 1.82) is 0 Å². The van der Waals surface area contributed by atoms with Gasteiger partial charge in [0.25, 0.3) is 11.9 Å². The molecule has 0 radical (unpaired) electrons. The van der Waals surface area contributed by atoms with Crippen molar-refractivity contribution < 1.29 is 9.90 Å². The lowest BCUT2D eigenvalue weighted by molar-refractivity contribution is -0.456. The van der Waals surface area contributed by atoms with Gasteiger partial charge in [0.05, 0.1) is 10.6 Å². The average molecular weight is 317 g/mol. The van der Waals surface area contributed by atoms with E-state index in [0.29, 0.717) is 16.3 Å². The summed E-state index contributed by atoms with van der Waals surface area (Å²) in [5, 5.41) is 9.42. The molecule has 2 aromatic carbocycles. The maximum absolute atomic E-state index is 12.2. The average Bonchev–Trinajstić information content (AvgIpc) is 2.47. The van der Waals surface area contributed by atoms with Gasteiger partial charge in [-0.3, -0.25) is 4.79 Å². The van der Waals surface area contributed by atoms with Crippen LogP contribution in [-0.2, 0) is 0 Å². The van der Waals surface area contributed by atoms with Crippen LogP contribution in [-0.4, -0.2) is 18.1 Å². The Kier molecular flexibility index (Phi) is 5.11. The Morgan fingerprint density at radius 3 is 2.68 bits per heavy atom. The Hall–Kier alpha value is -2.86. The van der Waals surface area contributed by atoms with E-state index in [1.807, 2.05) is 6.07 Å². The fourth-order valence-electron chi connectivity index (χ4n) is 1.73. The lowest BCUT2D eigenvalue weighted by Gasteiger charge is -2.06. The number of hydrazone groups is 1. The first-order chi connectivity index (χ1) is 10.6. The number of nitrogens with zero attached hydrogens (tertiary/aromatic N) is 1. The molecule has 0 heterocycles. The predicted molar refractivity (Wildman–Crippen MR) is 87.8 cm³/mol. The monoisotopic (exact) mass is 316 g/mol. The molecule has 0 saturated carbocycles. The molecule has 0 aliphatic carbocycles. The van der Waals surface area contributed by atoms with E-state index in [0.717, 1.165) is 5.56 Å². The van der Waals surface area contributed by atoms with Crippen LogP contribution in [0.5, 0.6) is 0 Å². The van der Waals surface area contributed by atoms with Gasteiger partial charge in [-0.1, -0.05) is 29.8 Å². The molecule has 0 spiro atoms. The highest BCUT2D eigenvalue weighted by molar-refractivity contribution is 6.34. The van der Waals surface area contributed by atoms with Crippen LogP contribution < -0.4 is 21.9 Å². The number of anilines is 1. The first-order valence-corrected chi connectivity index (χ1v) is 6.77. The summed E-state index contributed by atoms with van der Waals surface area (Å²) in [6, 6.07) is 14.0. The van der Waals surface area contributed by atoms with Crippen molar-refractivity contribution in [3.63, 3.8) is 0 Å². The molecule has 22 heavy (non-hydrogen) atoms. The van der Waals surface area contributed by atoms with Gasteiger partial charge in [0.1, 0.15) is 0 Å². The third-order valence-electron chi connectivity index (χ3n) is 2.69. The number of nitrogens with two attached hydrogens (primary N) is 2. The van der Waals surface area contributed by atoms with E-state index in [9.17, 15) is 4.79 Å². The molecule has 2 rings (SSSR count). The van der Waals surface area contributed by atoms with Crippen LogP contribution >= 0.6 is 11.6 Å². The Morgan fingerprint density at radius 2 is 1.95 bits per heavy atom. The van der Waals surface area contributed by atoms with Gasteiger partial charge >= 0.3 is 0 Å². The molecule has 0 unspecified atom stereocenters. The zero-order chi connectivity index (χ0) is 15.9. The Balaban J connectivity index is 2.14. The number of hydrogen-bond acceptors (Lipinski definition) is 2. The highest BCUT2D eigenvalue weighted by Gasteiger charge is 2.09. The maximum atomic E-state index is 12.2. The number of carbonyl (C=O) groups excluding carboxylic acids is 1. The molecule has 0 saturated heterocycles. The van der Waals surface area contributed by atoms with Crippen molar-refractivity contribution in [3.05, 3.63) is 64.7 Å². The van der Waals surface area contributed by atoms with Gasteiger partial charge in [-0.25, -0.2) is 0 Å². The van der Waals surface area contributed by atoms with Crippen molar-refractivity contribution in [1.82, 2.24) is 0 Å². The molecule has 7 heteroatoms. The molecule has 1 amide bonds. The zero-order valence-corrected chi connectivity index (χ0v) is 12.3. The number of amides is 1. The second kappa shape index (κ2) is 7.24. The first kappa shape index (κ1) is 15.5. The van der Waals surface area contributed by atoms with Gasteiger partial charge < -0.3 is 16.8 Å². The lowest BCUT2D eigenvalue weighted by Crippen LogP contribution is -2.63. The molecule has 0 aliphatic heterocycles. The fraction of sp³-hybridized carbons (Fsp3) is 0. The second-order valence-electron chi connectivity index (χ2n) is 4.37. The summed E-state index contributed by atoms with van der Waals surface area (Å²) < 4.78 is 0. The van der Waals surface area contributed by atoms with Crippen LogP contribution in [0.1, 0.15) is 15.9 Å². The van der Waals surface area contributed by atoms with Gasteiger partial charge in [0.2, 0.25) is 6.21 Å². The third-order valence-corrected chi connectivity index (χ3v) is 3.02. The van der Waals surface area contributed by atoms with Gasteiger partial charge in [-0.15, -0.1) is 5.10 Å². The van der Waals surface area contributed by atoms with Crippen molar-refractivity contribution >= 4 is 35.4 Å². The standard InChI is InChI=1S/C15H14ClN5O/c16-13-7-2-1-6-12(13)14(22)20-11-5-3-4-10(8-11)9-19-21-15(17)18/h1-9H,(H,20,22)(H4,17,18,21)/p+1/b19-9-. The van der Waals surface area contributed by atoms with E-state index in [1.165, 1.54) is 0 Å². The minimum atomic E-state index is -0.278. The first-order valence-electron chi connectivity index (χ1n) is 6.39. The summed E-state index contributed by atoms with van der Waals surface area (Å²) in [6.07, 6.45) is 1.60. The van der Waals surface area contributed by atoms with Crippen LogP contribution in [0.2, 0.25) is 5.02 Å². The topological polar surface area (TPSA) is 107 Å². The number of nitrogens with one attached hydrogen (secondary N) is 2. The van der Waals surface area contributed by atoms with Crippen LogP contribution in [0.15, 0.2) is 53.6 Å². The van der Waals surface area contributed by atoms with Gasteiger partial charge in [0, 0.05) is 16.4 Å². The van der Waals surface area contributed by atoms with E-state index in [2.05, 4.69) is 15.5 Å². The van der Waals surface area contributed by atoms with Gasteiger partial charge in [0.15, 0.2) is 0 Å². The van der Waals surface area contributed by atoms with E-state index in [1.54, 1.807) is 48.7 Å². The summed E-state index contributed by atoms with van der Waals surface area (Å²) in [7, 11) is 0. The number of carbonyl (C=O) groups is 1. The molecule has 0 atom stereocenters. The second-order valence-corrected chi connectivity index (χ2v) is 4.78. The molecule has 6 nitrogen and oxygen atoms in total. The predicted octanol–water partition coefficient (Wildman–Crippen LogP) is 0.280. The summed E-state index contributed by atoms with van der Waals surface area (Å²) >= 11 is 6.00. The highest BCUT2D eigenvalue weighted by atomic mass is 35.5. The van der Waals surface area contributed by atoms with E-state index >= 15 is 0 Å². The van der Waals surface area contributed by atoms with Crippen molar-refractivity contribution in [2.45, 2.75) is 0 Å². The molecule has 0 fully saturated rings. The molecular formula is C15H15ClN5O+. The lowest BCUT2D eigenvalue weighted by atomic mass is 10.2. The van der Waals surface area contributed by atoms with E-state index in [4.69, 9.17) is 23.1 Å². The molecule has 2 aromatic rings. The summed E-state index contributed by atoms with van der Waals surface area (Å²) in [5.41, 5.74) is 12.3. The molecular weight excluding hydrogens is 302 g/mol. The van der Waals surface area contributed by atoms with Crippen molar-refractivity contribution in [3.8, 4) is 0 Å². The zero-order valence-electron chi connectivity index (χ0n) is 11.6. The minimum Gasteiger partial charge on any atom is -0.365 e. The maximum Gasteiger partial charge on any atom is 0.257 e. The van der Waals surface area contributed by atoms with Crippen LogP contribution in [0.3, 0.4) is 0 Å². The summed E-state index contributed by atoms with van der Waals surface area (Å²) in [4.78, 5) is 12.2. The number of guanidine groups is 1. The van der Waals surface area contributed by atoms with Crippen LogP contribution in [0, 0.1) is 0 Å². The number of halogens is 1. The Bertz CT molecular complexity index is 738. The normalized spacial score (nSPS) is 10.4. The smallest absolute Gasteiger partial charge is 0.257 e. The van der Waals surface area contributed by atoms with Crippen molar-refractivity contribution in [2.75, 3.05) is 5.32 Å². The molecule has 0 aromatic heterocycles. The molecule has 0 bridgehead atoms. The highest BCUT2D eigenvalue weighted by Crippen LogP contribution is 2.17. The minimum absolute atomic E-state index is 0.0700. The molecule has 112 valence electrons. The quantitative estimate of drug-likeness (QED) is 0.369. The van der Waals surface area contributed by atoms with Crippen LogP contribution in [0.25, 0.3) is 0 Å². The Morgan fingerprint density at radius 1 is 1.18 bits per heavy atom. The van der Waals surface area contributed by atoms with E-state index < -0.39 is 0 Å². The summed E-state index contributed by atoms with van der Waals surface area (Å²) in [6.45, 7) is 0. The molecule has 0 aliphatic rings. The Labute approximate surface area is 132 Å². The number of rotatable bonds is 4.